The zero-order chi connectivity index (χ0) is 24.3. The van der Waals surface area contributed by atoms with Gasteiger partial charge in [-0.25, -0.2) is 9.59 Å². The summed E-state index contributed by atoms with van der Waals surface area (Å²) < 4.78 is 10.8. The van der Waals surface area contributed by atoms with E-state index in [9.17, 15) is 14.4 Å². The molecule has 0 fully saturated rings. The van der Waals surface area contributed by atoms with E-state index in [0.717, 1.165) is 11.1 Å². The number of amides is 2. The number of aliphatic carboxylic acids is 1. The van der Waals surface area contributed by atoms with Gasteiger partial charge in [-0.15, -0.1) is 6.58 Å². The Bertz CT molecular complexity index is 976. The van der Waals surface area contributed by atoms with Crippen molar-refractivity contribution in [3.63, 3.8) is 0 Å². The number of benzene rings is 2. The molecule has 180 valence electrons. The van der Waals surface area contributed by atoms with Crippen LogP contribution < -0.4 is 10.6 Å². The first-order chi connectivity index (χ1) is 16.5. The number of carbonyl (C=O) groups excluding carboxylic acids is 2. The fraction of sp³-hybridized carbons (Fsp3) is 0.346. The van der Waals surface area contributed by atoms with Crippen LogP contribution in [-0.4, -0.2) is 55.5 Å². The predicted octanol–water partition coefficient (Wildman–Crippen LogP) is 3.47. The molecule has 1 unspecified atom stereocenters. The summed E-state index contributed by atoms with van der Waals surface area (Å²) in [6, 6.07) is 15.3. The summed E-state index contributed by atoms with van der Waals surface area (Å²) in [4.78, 5) is 35.1. The monoisotopic (exact) mass is 466 g/mol. The lowest BCUT2D eigenvalue weighted by Crippen LogP contribution is -2.41. The third-order valence-corrected chi connectivity index (χ3v) is 5.63. The number of carboxylic acid groups (broad SMARTS) is 1. The van der Waals surface area contributed by atoms with Gasteiger partial charge in [0.2, 0.25) is 5.91 Å². The van der Waals surface area contributed by atoms with Crippen molar-refractivity contribution in [3.05, 3.63) is 72.3 Å². The number of fused-ring (bicyclic) bond motifs is 3. The highest BCUT2D eigenvalue weighted by atomic mass is 16.5. The molecule has 0 saturated heterocycles. The van der Waals surface area contributed by atoms with Crippen LogP contribution in [0.15, 0.2) is 61.2 Å². The quantitative estimate of drug-likeness (QED) is 0.308. The second kappa shape index (κ2) is 12.6. The van der Waals surface area contributed by atoms with Gasteiger partial charge in [0.1, 0.15) is 12.6 Å². The summed E-state index contributed by atoms with van der Waals surface area (Å²) in [5, 5.41) is 14.2. The van der Waals surface area contributed by atoms with Gasteiger partial charge < -0.3 is 25.2 Å². The fourth-order valence-corrected chi connectivity index (χ4v) is 3.95. The Morgan fingerprint density at radius 3 is 2.29 bits per heavy atom. The number of carbonyl (C=O) groups is 3. The van der Waals surface area contributed by atoms with E-state index < -0.39 is 24.0 Å². The van der Waals surface area contributed by atoms with Crippen LogP contribution in [0.5, 0.6) is 0 Å². The Balaban J connectivity index is 1.33. The summed E-state index contributed by atoms with van der Waals surface area (Å²) in [6.45, 7) is 4.33. The normalized spacial score (nSPS) is 12.8. The zero-order valence-electron chi connectivity index (χ0n) is 19.0. The van der Waals surface area contributed by atoms with Crippen molar-refractivity contribution in [2.75, 3.05) is 26.4 Å². The van der Waals surface area contributed by atoms with Crippen LogP contribution >= 0.6 is 0 Å². The second-order valence-corrected chi connectivity index (χ2v) is 7.94. The molecule has 0 saturated carbocycles. The molecule has 3 N–H and O–H groups in total. The van der Waals surface area contributed by atoms with Crippen molar-refractivity contribution in [3.8, 4) is 11.1 Å². The van der Waals surface area contributed by atoms with Crippen molar-refractivity contribution in [2.24, 2.45) is 0 Å². The third-order valence-electron chi connectivity index (χ3n) is 5.63. The van der Waals surface area contributed by atoms with E-state index in [1.54, 1.807) is 6.08 Å². The molecule has 0 heterocycles. The average Bonchev–Trinajstić information content (AvgIpc) is 3.16. The van der Waals surface area contributed by atoms with Gasteiger partial charge >= 0.3 is 12.1 Å². The highest BCUT2D eigenvalue weighted by molar-refractivity contribution is 5.83. The number of carboxylic acids is 1. The fourth-order valence-electron chi connectivity index (χ4n) is 3.95. The molecule has 2 amide bonds. The number of ether oxygens (including phenoxy) is 2. The molecule has 8 nitrogen and oxygen atoms in total. The van der Waals surface area contributed by atoms with Gasteiger partial charge in [-0.05, 0) is 35.1 Å². The molecule has 8 heteroatoms. The maximum absolute atomic E-state index is 12.1. The minimum absolute atomic E-state index is 0.00554. The van der Waals surface area contributed by atoms with Crippen LogP contribution in [0.1, 0.15) is 36.3 Å². The second-order valence-electron chi connectivity index (χ2n) is 7.94. The van der Waals surface area contributed by atoms with Gasteiger partial charge in [-0.2, -0.15) is 0 Å². The molecule has 0 aromatic heterocycles. The summed E-state index contributed by atoms with van der Waals surface area (Å²) in [6.07, 6.45) is 1.89. The molecular formula is C26H30N2O6. The molecule has 1 atom stereocenters. The summed E-state index contributed by atoms with van der Waals surface area (Å²) in [7, 11) is 0. The van der Waals surface area contributed by atoms with Crippen molar-refractivity contribution in [2.45, 2.75) is 31.2 Å². The molecule has 0 radical (unpaired) electrons. The molecule has 1 aliphatic rings. The van der Waals surface area contributed by atoms with E-state index in [2.05, 4.69) is 41.5 Å². The Kier molecular flexibility index (Phi) is 9.22. The van der Waals surface area contributed by atoms with E-state index >= 15 is 0 Å². The molecule has 0 spiro atoms. The molecule has 3 rings (SSSR count). The van der Waals surface area contributed by atoms with E-state index in [4.69, 9.17) is 14.6 Å². The van der Waals surface area contributed by atoms with Gasteiger partial charge in [0.25, 0.3) is 0 Å². The standard InChI is InChI=1S/C26H30N2O6/c1-2-3-12-23(25(30)31)28-24(29)13-15-33-16-14-27-26(32)34-17-22-20-10-6-4-8-18(20)19-9-5-7-11-21(19)22/h2,4-11,22-23H,1,3,12-17H2,(H,27,32)(H,28,29)(H,30,31). The topological polar surface area (TPSA) is 114 Å². The highest BCUT2D eigenvalue weighted by Gasteiger charge is 2.28. The van der Waals surface area contributed by atoms with Crippen LogP contribution in [-0.2, 0) is 19.1 Å². The molecule has 0 bridgehead atoms. The SMILES string of the molecule is C=CCCC(NC(=O)CCOCCNC(=O)OCC1c2ccccc2-c2ccccc21)C(=O)O. The Hall–Kier alpha value is -3.65. The van der Waals surface area contributed by atoms with Gasteiger partial charge in [0, 0.05) is 18.9 Å². The largest absolute Gasteiger partial charge is 0.480 e. The number of nitrogens with one attached hydrogen (secondary N) is 2. The van der Waals surface area contributed by atoms with Gasteiger partial charge in [-0.1, -0.05) is 54.6 Å². The van der Waals surface area contributed by atoms with E-state index in [1.807, 2.05) is 24.3 Å². The number of hydrogen-bond donors (Lipinski definition) is 3. The first-order valence-electron chi connectivity index (χ1n) is 11.3. The third kappa shape index (κ3) is 6.68. The lowest BCUT2D eigenvalue weighted by atomic mass is 9.98. The molecule has 2 aromatic rings. The molecule has 0 aliphatic heterocycles. The minimum Gasteiger partial charge on any atom is -0.480 e. The van der Waals surface area contributed by atoms with Crippen LogP contribution in [0, 0.1) is 0 Å². The smallest absolute Gasteiger partial charge is 0.407 e. The average molecular weight is 467 g/mol. The van der Waals surface area contributed by atoms with E-state index in [1.165, 1.54) is 11.1 Å². The first-order valence-corrected chi connectivity index (χ1v) is 11.3. The summed E-state index contributed by atoms with van der Waals surface area (Å²) in [5.41, 5.74) is 4.63. The van der Waals surface area contributed by atoms with Crippen LogP contribution in [0.25, 0.3) is 11.1 Å². The number of alkyl carbamates (subject to hydrolysis) is 1. The zero-order valence-corrected chi connectivity index (χ0v) is 19.0. The summed E-state index contributed by atoms with van der Waals surface area (Å²) in [5.74, 6) is -1.49. The van der Waals surface area contributed by atoms with Crippen LogP contribution in [0.4, 0.5) is 4.79 Å². The Labute approximate surface area is 199 Å². The van der Waals surface area contributed by atoms with Crippen LogP contribution in [0.2, 0.25) is 0 Å². The molecule has 1 aliphatic carbocycles. The Morgan fingerprint density at radius 2 is 1.68 bits per heavy atom. The van der Waals surface area contributed by atoms with Crippen LogP contribution in [0.3, 0.4) is 0 Å². The Morgan fingerprint density at radius 1 is 1.03 bits per heavy atom. The highest BCUT2D eigenvalue weighted by Crippen LogP contribution is 2.44. The van der Waals surface area contributed by atoms with Gasteiger partial charge in [0.15, 0.2) is 0 Å². The summed E-state index contributed by atoms with van der Waals surface area (Å²) >= 11 is 0. The van der Waals surface area contributed by atoms with Gasteiger partial charge in [0.05, 0.1) is 13.2 Å². The van der Waals surface area contributed by atoms with Gasteiger partial charge in [-0.3, -0.25) is 4.79 Å². The predicted molar refractivity (Wildman–Crippen MR) is 128 cm³/mol. The van der Waals surface area contributed by atoms with E-state index in [-0.39, 0.29) is 45.1 Å². The molecule has 2 aromatic carbocycles. The number of allylic oxidation sites excluding steroid dienone is 1. The minimum atomic E-state index is -1.08. The maximum Gasteiger partial charge on any atom is 0.407 e. The lowest BCUT2D eigenvalue weighted by Gasteiger charge is -2.15. The number of hydrogen-bond acceptors (Lipinski definition) is 5. The lowest BCUT2D eigenvalue weighted by molar-refractivity contribution is -0.142. The van der Waals surface area contributed by atoms with Crippen molar-refractivity contribution >= 4 is 18.0 Å². The van der Waals surface area contributed by atoms with Crippen molar-refractivity contribution in [1.82, 2.24) is 10.6 Å². The van der Waals surface area contributed by atoms with Crippen molar-refractivity contribution in [1.29, 1.82) is 0 Å². The van der Waals surface area contributed by atoms with Crippen molar-refractivity contribution < 1.29 is 29.0 Å². The molecular weight excluding hydrogens is 436 g/mol. The maximum atomic E-state index is 12.1. The molecule has 34 heavy (non-hydrogen) atoms. The van der Waals surface area contributed by atoms with E-state index in [0.29, 0.717) is 6.42 Å². The number of rotatable bonds is 13. The first kappa shape index (κ1) is 25.0.